The number of anilines is 2. The first-order chi connectivity index (χ1) is 19.2. The van der Waals surface area contributed by atoms with Crippen LogP contribution < -0.4 is 16.0 Å². The summed E-state index contributed by atoms with van der Waals surface area (Å²) in [7, 11) is 0. The minimum atomic E-state index is -1.21. The molecule has 0 bridgehead atoms. The monoisotopic (exact) mass is 542 g/mol. The summed E-state index contributed by atoms with van der Waals surface area (Å²) in [6, 6.07) is 20.2. The van der Waals surface area contributed by atoms with Crippen LogP contribution in [-0.4, -0.2) is 53.1 Å². The van der Waals surface area contributed by atoms with Crippen LogP contribution in [0.2, 0.25) is 0 Å². The Kier molecular flexibility index (Phi) is 7.41. The molecule has 5 rings (SSSR count). The fourth-order valence-corrected chi connectivity index (χ4v) is 5.37. The van der Waals surface area contributed by atoms with Gasteiger partial charge in [-0.05, 0) is 61.7 Å². The number of hydrogen-bond donors (Lipinski definition) is 4. The SMILES string of the molecule is Cc1ccc2c(c1)[C@@]1(CCCN(C(=O)[C@H](Cc3ccccc3)NC(=O)c3ccc(NC(=O)O)cc3)C1)OC(=O)N2. The standard InChI is InChI=1S/C30H30N4O6/c1-19-8-13-24-23(16-19)30(40-29(39)33-24)14-5-15-34(18-30)27(36)25(17-20-6-3-2-4-7-20)32-26(35)21-9-11-22(12-10-21)31-28(37)38/h2-4,6-13,16,25,31H,5,14-15,17-18H2,1H3,(H,32,35)(H,33,39)(H,37,38)/t25-,30-/m0/s1. The van der Waals surface area contributed by atoms with Gasteiger partial charge in [-0.1, -0.05) is 42.0 Å². The number of carbonyl (C=O) groups is 4. The minimum absolute atomic E-state index is 0.173. The van der Waals surface area contributed by atoms with Crippen LogP contribution in [0.15, 0.2) is 72.8 Å². The van der Waals surface area contributed by atoms with Gasteiger partial charge in [-0.15, -0.1) is 0 Å². The molecule has 0 aromatic heterocycles. The summed E-state index contributed by atoms with van der Waals surface area (Å²) in [5, 5.41) is 16.8. The Balaban J connectivity index is 1.40. The van der Waals surface area contributed by atoms with E-state index in [1.54, 1.807) is 4.90 Å². The topological polar surface area (TPSA) is 137 Å². The first-order valence-electron chi connectivity index (χ1n) is 13.1. The molecule has 2 atom stereocenters. The van der Waals surface area contributed by atoms with E-state index in [1.165, 1.54) is 24.3 Å². The maximum atomic E-state index is 14.0. The third kappa shape index (κ3) is 5.75. The lowest BCUT2D eigenvalue weighted by atomic mass is 9.82. The van der Waals surface area contributed by atoms with Gasteiger partial charge in [0.05, 0.1) is 12.2 Å². The lowest BCUT2D eigenvalue weighted by Gasteiger charge is -2.45. The van der Waals surface area contributed by atoms with Crippen LogP contribution in [0.3, 0.4) is 0 Å². The normalized spacial score (nSPS) is 18.6. The van der Waals surface area contributed by atoms with Gasteiger partial charge in [-0.25, -0.2) is 9.59 Å². The van der Waals surface area contributed by atoms with Gasteiger partial charge in [0.1, 0.15) is 6.04 Å². The molecule has 4 amide bonds. The molecule has 206 valence electrons. The van der Waals surface area contributed by atoms with E-state index in [2.05, 4.69) is 16.0 Å². The highest BCUT2D eigenvalue weighted by molar-refractivity contribution is 5.98. The molecule has 10 nitrogen and oxygen atoms in total. The highest BCUT2D eigenvalue weighted by Crippen LogP contribution is 2.42. The third-order valence-corrected chi connectivity index (χ3v) is 7.24. The maximum Gasteiger partial charge on any atom is 0.412 e. The van der Waals surface area contributed by atoms with Crippen LogP contribution >= 0.6 is 0 Å². The van der Waals surface area contributed by atoms with Gasteiger partial charge >= 0.3 is 12.2 Å². The molecule has 40 heavy (non-hydrogen) atoms. The quantitative estimate of drug-likeness (QED) is 0.362. The molecule has 1 fully saturated rings. The van der Waals surface area contributed by atoms with Crippen molar-refractivity contribution in [2.45, 2.75) is 37.8 Å². The lowest BCUT2D eigenvalue weighted by Crippen LogP contribution is -2.57. The highest BCUT2D eigenvalue weighted by atomic mass is 16.6. The number of likely N-dealkylation sites (tertiary alicyclic amines) is 1. The van der Waals surface area contributed by atoms with Crippen molar-refractivity contribution in [1.82, 2.24) is 10.2 Å². The predicted octanol–water partition coefficient (Wildman–Crippen LogP) is 4.51. The Morgan fingerprint density at radius 3 is 2.55 bits per heavy atom. The van der Waals surface area contributed by atoms with Crippen molar-refractivity contribution < 1.29 is 29.0 Å². The van der Waals surface area contributed by atoms with Crippen LogP contribution in [0.1, 0.15) is 39.9 Å². The number of piperidine rings is 1. The number of benzene rings is 3. The Labute approximate surface area is 231 Å². The molecule has 0 unspecified atom stereocenters. The first kappa shape index (κ1) is 26.7. The average molecular weight is 543 g/mol. The van der Waals surface area contributed by atoms with Crippen LogP contribution in [0.4, 0.5) is 21.0 Å². The zero-order valence-corrected chi connectivity index (χ0v) is 22.0. The second-order valence-corrected chi connectivity index (χ2v) is 10.1. The summed E-state index contributed by atoms with van der Waals surface area (Å²) in [6.45, 7) is 2.60. The second kappa shape index (κ2) is 11.1. The van der Waals surface area contributed by atoms with Crippen LogP contribution in [0.25, 0.3) is 0 Å². The van der Waals surface area contributed by atoms with E-state index in [1.807, 2.05) is 55.5 Å². The van der Waals surface area contributed by atoms with Crippen LogP contribution in [-0.2, 0) is 21.6 Å². The summed E-state index contributed by atoms with van der Waals surface area (Å²) in [4.78, 5) is 52.3. The molecule has 10 heteroatoms. The van der Waals surface area contributed by atoms with E-state index < -0.39 is 29.7 Å². The lowest BCUT2D eigenvalue weighted by molar-refractivity contribution is -0.141. The molecular weight excluding hydrogens is 512 g/mol. The van der Waals surface area contributed by atoms with Gasteiger partial charge < -0.3 is 20.1 Å². The molecule has 0 saturated carbocycles. The maximum absolute atomic E-state index is 14.0. The molecule has 3 aromatic carbocycles. The van der Waals surface area contributed by atoms with E-state index in [-0.39, 0.29) is 24.4 Å². The Bertz CT molecular complexity index is 1440. The number of nitrogens with zero attached hydrogens (tertiary/aromatic N) is 1. The van der Waals surface area contributed by atoms with Gasteiger partial charge in [-0.2, -0.15) is 0 Å². The third-order valence-electron chi connectivity index (χ3n) is 7.24. The number of carbonyl (C=O) groups excluding carboxylic acids is 3. The molecule has 2 aliphatic heterocycles. The average Bonchev–Trinajstić information content (AvgIpc) is 2.93. The zero-order chi connectivity index (χ0) is 28.3. The van der Waals surface area contributed by atoms with Gasteiger partial charge in [0.2, 0.25) is 5.91 Å². The summed E-state index contributed by atoms with van der Waals surface area (Å²) in [6.07, 6.45) is -0.295. The van der Waals surface area contributed by atoms with Crippen molar-refractivity contribution in [2.75, 3.05) is 23.7 Å². The summed E-state index contributed by atoms with van der Waals surface area (Å²) >= 11 is 0. The van der Waals surface area contributed by atoms with E-state index in [4.69, 9.17) is 9.84 Å². The number of hydrogen-bond acceptors (Lipinski definition) is 5. The molecule has 2 heterocycles. The van der Waals surface area contributed by atoms with Crippen molar-refractivity contribution in [2.24, 2.45) is 0 Å². The summed E-state index contributed by atoms with van der Waals surface area (Å²) < 4.78 is 5.88. The zero-order valence-electron chi connectivity index (χ0n) is 22.0. The fraction of sp³-hybridized carbons (Fsp3) is 0.267. The van der Waals surface area contributed by atoms with Gasteiger partial charge in [0.25, 0.3) is 5.91 Å². The first-order valence-corrected chi connectivity index (χ1v) is 13.1. The number of fused-ring (bicyclic) bond motifs is 2. The fourth-order valence-electron chi connectivity index (χ4n) is 5.37. The number of carboxylic acid groups (broad SMARTS) is 1. The molecule has 2 aliphatic rings. The van der Waals surface area contributed by atoms with Gasteiger partial charge in [0, 0.05) is 29.8 Å². The van der Waals surface area contributed by atoms with E-state index in [0.717, 1.165) is 16.7 Å². The predicted molar refractivity (Wildman–Crippen MR) is 148 cm³/mol. The Hall–Kier alpha value is -4.86. The highest BCUT2D eigenvalue weighted by Gasteiger charge is 2.47. The van der Waals surface area contributed by atoms with Crippen molar-refractivity contribution in [1.29, 1.82) is 0 Å². The molecule has 4 N–H and O–H groups in total. The van der Waals surface area contributed by atoms with E-state index in [9.17, 15) is 19.2 Å². The van der Waals surface area contributed by atoms with Crippen molar-refractivity contribution in [3.63, 3.8) is 0 Å². The van der Waals surface area contributed by atoms with Crippen LogP contribution in [0.5, 0.6) is 0 Å². The Morgan fingerprint density at radius 2 is 1.82 bits per heavy atom. The largest absolute Gasteiger partial charge is 0.465 e. The molecular formula is C30H30N4O6. The smallest absolute Gasteiger partial charge is 0.412 e. The molecule has 1 spiro atoms. The van der Waals surface area contributed by atoms with Crippen molar-refractivity contribution in [3.8, 4) is 0 Å². The van der Waals surface area contributed by atoms with Crippen molar-refractivity contribution in [3.05, 3.63) is 95.1 Å². The van der Waals surface area contributed by atoms with E-state index in [0.29, 0.717) is 30.8 Å². The molecule has 0 radical (unpaired) electrons. The van der Waals surface area contributed by atoms with Crippen molar-refractivity contribution >= 4 is 35.4 Å². The number of aryl methyl sites for hydroxylation is 1. The number of rotatable bonds is 6. The summed E-state index contributed by atoms with van der Waals surface area (Å²) in [5.74, 6) is -0.735. The number of amides is 4. The summed E-state index contributed by atoms with van der Waals surface area (Å²) in [5.41, 5.74) is 3.03. The van der Waals surface area contributed by atoms with E-state index >= 15 is 0 Å². The molecule has 1 saturated heterocycles. The van der Waals surface area contributed by atoms with Crippen LogP contribution in [0, 0.1) is 6.92 Å². The minimum Gasteiger partial charge on any atom is -0.465 e. The molecule has 0 aliphatic carbocycles. The Morgan fingerprint density at radius 1 is 1.07 bits per heavy atom. The second-order valence-electron chi connectivity index (χ2n) is 10.1. The number of ether oxygens (including phenoxy) is 1. The number of nitrogens with one attached hydrogen (secondary N) is 3. The van der Waals surface area contributed by atoms with Gasteiger partial charge in [0.15, 0.2) is 5.60 Å². The van der Waals surface area contributed by atoms with Gasteiger partial charge in [-0.3, -0.25) is 20.2 Å². The molecule has 3 aromatic rings.